The lowest BCUT2D eigenvalue weighted by Crippen LogP contribution is -2.28. The second kappa shape index (κ2) is 6.69. The van der Waals surface area contributed by atoms with Crippen LogP contribution in [0.5, 0.6) is 0 Å². The number of nitrogens with zero attached hydrogens (tertiary/aromatic N) is 2. The van der Waals surface area contributed by atoms with Crippen LogP contribution in [-0.2, 0) is 13.0 Å². The van der Waals surface area contributed by atoms with Crippen molar-refractivity contribution in [2.75, 3.05) is 11.4 Å². The van der Waals surface area contributed by atoms with E-state index in [1.165, 1.54) is 34.6 Å². The SMILES string of the molecule is O=C(O)c1csc(-c2cccc(CN3CCCc4ccccc43)c2)n1. The fourth-order valence-corrected chi connectivity index (χ4v) is 4.09. The number of para-hydroxylation sites is 1. The van der Waals surface area contributed by atoms with Crippen LogP contribution in [0.1, 0.15) is 28.0 Å². The molecule has 2 heterocycles. The Hall–Kier alpha value is -2.66. The summed E-state index contributed by atoms with van der Waals surface area (Å²) in [6.45, 7) is 1.91. The Morgan fingerprint density at radius 1 is 1.20 bits per heavy atom. The van der Waals surface area contributed by atoms with Gasteiger partial charge in [-0.15, -0.1) is 11.3 Å². The van der Waals surface area contributed by atoms with E-state index in [9.17, 15) is 4.79 Å². The Labute approximate surface area is 150 Å². The third-order valence-electron chi connectivity index (χ3n) is 4.48. The van der Waals surface area contributed by atoms with Gasteiger partial charge in [-0.05, 0) is 36.1 Å². The molecule has 1 aliphatic heterocycles. The lowest BCUT2D eigenvalue weighted by atomic mass is 10.0. The highest BCUT2D eigenvalue weighted by molar-refractivity contribution is 7.13. The van der Waals surface area contributed by atoms with E-state index in [2.05, 4.69) is 46.3 Å². The number of hydrogen-bond donors (Lipinski definition) is 1. The molecule has 1 aromatic heterocycles. The van der Waals surface area contributed by atoms with Crippen molar-refractivity contribution in [1.82, 2.24) is 4.98 Å². The number of hydrogen-bond acceptors (Lipinski definition) is 4. The van der Waals surface area contributed by atoms with E-state index in [-0.39, 0.29) is 5.69 Å². The highest BCUT2D eigenvalue weighted by Crippen LogP contribution is 2.29. The first-order valence-electron chi connectivity index (χ1n) is 8.32. The van der Waals surface area contributed by atoms with Gasteiger partial charge in [-0.1, -0.05) is 36.4 Å². The first-order valence-corrected chi connectivity index (χ1v) is 9.19. The Morgan fingerprint density at radius 3 is 2.92 bits per heavy atom. The van der Waals surface area contributed by atoms with Crippen LogP contribution in [-0.4, -0.2) is 22.6 Å². The molecule has 0 spiro atoms. The van der Waals surface area contributed by atoms with Gasteiger partial charge in [0, 0.05) is 29.7 Å². The topological polar surface area (TPSA) is 53.4 Å². The zero-order valence-corrected chi connectivity index (χ0v) is 14.5. The molecule has 1 N–H and O–H groups in total. The molecule has 1 aliphatic rings. The van der Waals surface area contributed by atoms with E-state index in [1.54, 1.807) is 5.38 Å². The summed E-state index contributed by atoms with van der Waals surface area (Å²) < 4.78 is 0. The summed E-state index contributed by atoms with van der Waals surface area (Å²) >= 11 is 1.37. The van der Waals surface area contributed by atoms with E-state index in [0.717, 1.165) is 30.1 Å². The van der Waals surface area contributed by atoms with Crippen LogP contribution in [0.15, 0.2) is 53.9 Å². The van der Waals surface area contributed by atoms with Crippen LogP contribution in [0.2, 0.25) is 0 Å². The number of anilines is 1. The fraction of sp³-hybridized carbons (Fsp3) is 0.200. The van der Waals surface area contributed by atoms with Crippen molar-refractivity contribution >= 4 is 23.0 Å². The summed E-state index contributed by atoms with van der Waals surface area (Å²) in [5, 5.41) is 11.4. The smallest absolute Gasteiger partial charge is 0.355 e. The number of aromatic carboxylic acids is 1. The Morgan fingerprint density at radius 2 is 2.08 bits per heavy atom. The normalized spacial score (nSPS) is 13.5. The molecule has 0 amide bonds. The average Bonchev–Trinajstić information content (AvgIpc) is 3.13. The number of aryl methyl sites for hydroxylation is 1. The van der Waals surface area contributed by atoms with E-state index < -0.39 is 5.97 Å². The molecule has 4 nitrogen and oxygen atoms in total. The van der Waals surface area contributed by atoms with E-state index in [4.69, 9.17) is 5.11 Å². The zero-order chi connectivity index (χ0) is 17.2. The van der Waals surface area contributed by atoms with Crippen molar-refractivity contribution in [3.05, 3.63) is 70.7 Å². The predicted octanol–water partition coefficient (Wildman–Crippen LogP) is 4.46. The molecule has 0 bridgehead atoms. The van der Waals surface area contributed by atoms with Crippen molar-refractivity contribution in [1.29, 1.82) is 0 Å². The van der Waals surface area contributed by atoms with E-state index in [1.807, 2.05) is 12.1 Å². The summed E-state index contributed by atoms with van der Waals surface area (Å²) in [7, 11) is 0. The van der Waals surface area contributed by atoms with Crippen molar-refractivity contribution in [2.24, 2.45) is 0 Å². The van der Waals surface area contributed by atoms with Crippen molar-refractivity contribution < 1.29 is 9.90 Å². The summed E-state index contributed by atoms with van der Waals surface area (Å²) in [6, 6.07) is 16.8. The summed E-state index contributed by atoms with van der Waals surface area (Å²) in [5.74, 6) is -0.983. The van der Waals surface area contributed by atoms with Crippen LogP contribution in [0, 0.1) is 0 Å². The maximum atomic E-state index is 11.0. The molecule has 0 aliphatic carbocycles. The van der Waals surface area contributed by atoms with Gasteiger partial charge in [0.25, 0.3) is 0 Å². The van der Waals surface area contributed by atoms with E-state index in [0.29, 0.717) is 0 Å². The predicted molar refractivity (Wildman–Crippen MR) is 100 cm³/mol. The van der Waals surface area contributed by atoms with Gasteiger partial charge in [0.1, 0.15) is 5.01 Å². The molecule has 0 radical (unpaired) electrons. The molecule has 126 valence electrons. The maximum absolute atomic E-state index is 11.0. The van der Waals surface area contributed by atoms with Crippen molar-refractivity contribution in [3.8, 4) is 10.6 Å². The number of carbonyl (C=O) groups is 1. The van der Waals surface area contributed by atoms with Crippen LogP contribution in [0.3, 0.4) is 0 Å². The maximum Gasteiger partial charge on any atom is 0.355 e. The number of carboxylic acids is 1. The minimum Gasteiger partial charge on any atom is -0.476 e. The molecule has 0 unspecified atom stereocenters. The fourth-order valence-electron chi connectivity index (χ4n) is 3.30. The van der Waals surface area contributed by atoms with Gasteiger partial charge >= 0.3 is 5.97 Å². The highest BCUT2D eigenvalue weighted by Gasteiger charge is 2.17. The molecule has 2 aromatic carbocycles. The molecule has 0 saturated heterocycles. The van der Waals surface area contributed by atoms with Crippen LogP contribution in [0.25, 0.3) is 10.6 Å². The number of thiazole rings is 1. The molecule has 25 heavy (non-hydrogen) atoms. The molecule has 4 rings (SSSR count). The summed E-state index contributed by atoms with van der Waals surface area (Å²) in [5.41, 5.74) is 5.02. The standard InChI is InChI=1S/C20H18N2O2S/c23-20(24)17-13-25-19(21-17)16-7-3-5-14(11-16)12-22-10-4-8-15-6-1-2-9-18(15)22/h1-3,5-7,9,11,13H,4,8,10,12H2,(H,23,24). The second-order valence-corrected chi connectivity index (χ2v) is 7.06. The number of carboxylic acid groups (broad SMARTS) is 1. The zero-order valence-electron chi connectivity index (χ0n) is 13.7. The van der Waals surface area contributed by atoms with Gasteiger partial charge in [-0.2, -0.15) is 0 Å². The van der Waals surface area contributed by atoms with E-state index >= 15 is 0 Å². The minimum atomic E-state index is -0.983. The summed E-state index contributed by atoms with van der Waals surface area (Å²) in [6.07, 6.45) is 2.31. The summed E-state index contributed by atoms with van der Waals surface area (Å²) in [4.78, 5) is 17.7. The molecule has 0 saturated carbocycles. The number of fused-ring (bicyclic) bond motifs is 1. The Balaban J connectivity index is 1.59. The largest absolute Gasteiger partial charge is 0.476 e. The van der Waals surface area contributed by atoms with Crippen molar-refractivity contribution in [3.63, 3.8) is 0 Å². The minimum absolute atomic E-state index is 0.107. The van der Waals surface area contributed by atoms with Crippen LogP contribution >= 0.6 is 11.3 Å². The van der Waals surface area contributed by atoms with Gasteiger partial charge in [-0.25, -0.2) is 9.78 Å². The second-order valence-electron chi connectivity index (χ2n) is 6.20. The van der Waals surface area contributed by atoms with Gasteiger partial charge < -0.3 is 10.0 Å². The van der Waals surface area contributed by atoms with Gasteiger partial charge in [0.2, 0.25) is 0 Å². The monoisotopic (exact) mass is 350 g/mol. The molecule has 0 fully saturated rings. The molecular formula is C20H18N2O2S. The lowest BCUT2D eigenvalue weighted by Gasteiger charge is -2.31. The molecular weight excluding hydrogens is 332 g/mol. The van der Waals surface area contributed by atoms with Crippen LogP contribution in [0.4, 0.5) is 5.69 Å². The lowest BCUT2D eigenvalue weighted by molar-refractivity contribution is 0.0691. The third-order valence-corrected chi connectivity index (χ3v) is 5.37. The third kappa shape index (κ3) is 3.28. The first-order chi connectivity index (χ1) is 12.2. The number of benzene rings is 2. The van der Waals surface area contributed by atoms with Gasteiger partial charge in [0.15, 0.2) is 5.69 Å². The first kappa shape index (κ1) is 15.8. The quantitative estimate of drug-likeness (QED) is 0.755. The average molecular weight is 350 g/mol. The molecule has 3 aromatic rings. The molecule has 0 atom stereocenters. The Kier molecular flexibility index (Phi) is 4.24. The number of rotatable bonds is 4. The van der Waals surface area contributed by atoms with Crippen LogP contribution < -0.4 is 4.90 Å². The van der Waals surface area contributed by atoms with Crippen molar-refractivity contribution in [2.45, 2.75) is 19.4 Å². The molecule has 5 heteroatoms. The number of aromatic nitrogens is 1. The van der Waals surface area contributed by atoms with Gasteiger partial charge in [-0.3, -0.25) is 0 Å². The highest BCUT2D eigenvalue weighted by atomic mass is 32.1. The Bertz CT molecular complexity index is 919. The van der Waals surface area contributed by atoms with Gasteiger partial charge in [0.05, 0.1) is 0 Å².